The highest BCUT2D eigenvalue weighted by Crippen LogP contribution is 2.15. The summed E-state index contributed by atoms with van der Waals surface area (Å²) in [4.78, 5) is 23.4. The molecule has 0 atom stereocenters. The molecule has 0 radical (unpaired) electrons. The zero-order chi connectivity index (χ0) is 16.4. The molecular weight excluding hydrogens is 283 g/mol. The normalized spacial score (nSPS) is 10.3. The van der Waals surface area contributed by atoms with Gasteiger partial charge < -0.3 is 10.6 Å². The number of carbonyl (C=O) groups is 2. The molecule has 0 bridgehead atoms. The molecular formula is C17H25FN2O2. The fourth-order valence-electron chi connectivity index (χ4n) is 2.10. The van der Waals surface area contributed by atoms with Gasteiger partial charge in [0.15, 0.2) is 0 Å². The van der Waals surface area contributed by atoms with Crippen molar-refractivity contribution in [3.63, 3.8) is 0 Å². The van der Waals surface area contributed by atoms with E-state index >= 15 is 0 Å². The summed E-state index contributed by atoms with van der Waals surface area (Å²) < 4.78 is 13.1. The second kappa shape index (κ2) is 9.92. The average Bonchev–Trinajstić information content (AvgIpc) is 2.49. The van der Waals surface area contributed by atoms with Gasteiger partial charge in [-0.1, -0.05) is 45.1 Å². The smallest absolute Gasteiger partial charge is 0.313 e. The number of carbonyl (C=O) groups excluding carboxylic acids is 2. The minimum Gasteiger partial charge on any atom is -0.348 e. The second-order valence-electron chi connectivity index (χ2n) is 5.44. The number of anilines is 1. The Morgan fingerprint density at radius 2 is 1.73 bits per heavy atom. The number of nitrogens with one attached hydrogen (secondary N) is 2. The Labute approximate surface area is 131 Å². The van der Waals surface area contributed by atoms with Gasteiger partial charge in [-0.15, -0.1) is 0 Å². The number of unbranched alkanes of at least 4 members (excludes halogenated alkanes) is 5. The van der Waals surface area contributed by atoms with Crippen LogP contribution in [0.15, 0.2) is 18.2 Å². The van der Waals surface area contributed by atoms with Crippen molar-refractivity contribution in [3.8, 4) is 0 Å². The van der Waals surface area contributed by atoms with E-state index < -0.39 is 17.6 Å². The van der Waals surface area contributed by atoms with Crippen LogP contribution in [0.2, 0.25) is 0 Å². The monoisotopic (exact) mass is 308 g/mol. The van der Waals surface area contributed by atoms with Crippen LogP contribution >= 0.6 is 0 Å². The second-order valence-corrected chi connectivity index (χ2v) is 5.44. The minimum absolute atomic E-state index is 0.319. The van der Waals surface area contributed by atoms with Crippen LogP contribution in [-0.4, -0.2) is 18.4 Å². The van der Waals surface area contributed by atoms with Crippen molar-refractivity contribution in [2.75, 3.05) is 11.9 Å². The van der Waals surface area contributed by atoms with Gasteiger partial charge in [0.05, 0.1) is 0 Å². The van der Waals surface area contributed by atoms with Gasteiger partial charge in [0, 0.05) is 12.2 Å². The topological polar surface area (TPSA) is 58.2 Å². The Bertz CT molecular complexity index is 503. The van der Waals surface area contributed by atoms with Gasteiger partial charge >= 0.3 is 11.8 Å². The predicted octanol–water partition coefficient (Wildman–Crippen LogP) is 3.55. The number of aryl methyl sites for hydroxylation is 1. The van der Waals surface area contributed by atoms with E-state index in [0.717, 1.165) is 19.3 Å². The first-order valence-corrected chi connectivity index (χ1v) is 7.90. The summed E-state index contributed by atoms with van der Waals surface area (Å²) in [5, 5.41) is 5.01. The first-order chi connectivity index (χ1) is 10.5. The van der Waals surface area contributed by atoms with Crippen molar-refractivity contribution in [2.45, 2.75) is 52.4 Å². The van der Waals surface area contributed by atoms with Crippen molar-refractivity contribution in [2.24, 2.45) is 0 Å². The van der Waals surface area contributed by atoms with Gasteiger partial charge in [0.1, 0.15) is 5.82 Å². The van der Waals surface area contributed by atoms with E-state index in [1.807, 2.05) is 0 Å². The van der Waals surface area contributed by atoms with Crippen molar-refractivity contribution in [1.82, 2.24) is 5.32 Å². The van der Waals surface area contributed by atoms with Crippen LogP contribution in [-0.2, 0) is 9.59 Å². The molecule has 0 spiro atoms. The molecule has 0 aliphatic heterocycles. The number of rotatable bonds is 8. The summed E-state index contributed by atoms with van der Waals surface area (Å²) in [7, 11) is 0. The van der Waals surface area contributed by atoms with E-state index in [2.05, 4.69) is 17.6 Å². The SMILES string of the molecule is CCCCCCCCNC(=O)C(=O)Nc1cc(F)ccc1C. The van der Waals surface area contributed by atoms with Crippen LogP contribution in [0.5, 0.6) is 0 Å². The lowest BCUT2D eigenvalue weighted by Gasteiger charge is -2.09. The Kier molecular flexibility index (Phi) is 8.18. The molecule has 122 valence electrons. The Morgan fingerprint density at radius 3 is 2.45 bits per heavy atom. The third-order valence-corrected chi connectivity index (χ3v) is 3.47. The summed E-state index contributed by atoms with van der Waals surface area (Å²) in [6.07, 6.45) is 6.72. The lowest BCUT2D eigenvalue weighted by atomic mass is 10.1. The third-order valence-electron chi connectivity index (χ3n) is 3.47. The maximum Gasteiger partial charge on any atom is 0.313 e. The third kappa shape index (κ3) is 6.70. The molecule has 0 aliphatic rings. The van der Waals surface area contributed by atoms with Crippen LogP contribution in [0, 0.1) is 12.7 Å². The van der Waals surface area contributed by atoms with Gasteiger partial charge in [-0.05, 0) is 31.0 Å². The summed E-state index contributed by atoms with van der Waals surface area (Å²) in [5.74, 6) is -1.90. The zero-order valence-corrected chi connectivity index (χ0v) is 13.4. The van der Waals surface area contributed by atoms with E-state index in [9.17, 15) is 14.0 Å². The van der Waals surface area contributed by atoms with E-state index in [4.69, 9.17) is 0 Å². The van der Waals surface area contributed by atoms with Gasteiger partial charge in [-0.2, -0.15) is 0 Å². The van der Waals surface area contributed by atoms with E-state index in [1.165, 1.54) is 31.4 Å². The summed E-state index contributed by atoms with van der Waals surface area (Å²) in [5.41, 5.74) is 1.03. The summed E-state index contributed by atoms with van der Waals surface area (Å²) in [6, 6.07) is 4.07. The quantitative estimate of drug-likeness (QED) is 0.570. The standard InChI is InChI=1S/C17H25FN2O2/c1-3-4-5-6-7-8-11-19-16(21)17(22)20-15-12-14(18)10-9-13(15)2/h9-10,12H,3-8,11H2,1-2H3,(H,19,21)(H,20,22). The molecule has 0 heterocycles. The van der Waals surface area contributed by atoms with Crippen LogP contribution in [0.25, 0.3) is 0 Å². The highest BCUT2D eigenvalue weighted by atomic mass is 19.1. The Morgan fingerprint density at radius 1 is 1.05 bits per heavy atom. The summed E-state index contributed by atoms with van der Waals surface area (Å²) in [6.45, 7) is 4.39. The van der Waals surface area contributed by atoms with Gasteiger partial charge in [0.25, 0.3) is 0 Å². The largest absolute Gasteiger partial charge is 0.348 e. The van der Waals surface area contributed by atoms with Crippen LogP contribution in [0.4, 0.5) is 10.1 Å². The highest BCUT2D eigenvalue weighted by molar-refractivity contribution is 6.39. The average molecular weight is 308 g/mol. The maximum atomic E-state index is 13.1. The fraction of sp³-hybridized carbons (Fsp3) is 0.529. The highest BCUT2D eigenvalue weighted by Gasteiger charge is 2.14. The molecule has 2 amide bonds. The number of benzene rings is 1. The predicted molar refractivity (Wildman–Crippen MR) is 86.2 cm³/mol. The van der Waals surface area contributed by atoms with Crippen LogP contribution in [0.1, 0.15) is 51.0 Å². The molecule has 0 aliphatic carbocycles. The molecule has 1 aromatic rings. The number of amides is 2. The number of halogens is 1. The maximum absolute atomic E-state index is 13.1. The Hall–Kier alpha value is -1.91. The molecule has 4 nitrogen and oxygen atoms in total. The molecule has 5 heteroatoms. The van der Waals surface area contributed by atoms with Crippen molar-refractivity contribution < 1.29 is 14.0 Å². The molecule has 0 aromatic heterocycles. The molecule has 0 saturated heterocycles. The molecule has 0 unspecified atom stereocenters. The molecule has 0 fully saturated rings. The lowest BCUT2D eigenvalue weighted by Crippen LogP contribution is -2.36. The first-order valence-electron chi connectivity index (χ1n) is 7.90. The molecule has 2 N–H and O–H groups in total. The molecule has 22 heavy (non-hydrogen) atoms. The number of hydrogen-bond acceptors (Lipinski definition) is 2. The number of hydrogen-bond donors (Lipinski definition) is 2. The van der Waals surface area contributed by atoms with Crippen molar-refractivity contribution in [1.29, 1.82) is 0 Å². The summed E-state index contributed by atoms with van der Waals surface area (Å²) >= 11 is 0. The zero-order valence-electron chi connectivity index (χ0n) is 13.4. The van der Waals surface area contributed by atoms with Crippen molar-refractivity contribution in [3.05, 3.63) is 29.6 Å². The van der Waals surface area contributed by atoms with Gasteiger partial charge in [-0.25, -0.2) is 4.39 Å². The fourth-order valence-corrected chi connectivity index (χ4v) is 2.10. The minimum atomic E-state index is -0.764. The van der Waals surface area contributed by atoms with E-state index in [0.29, 0.717) is 17.8 Å². The van der Waals surface area contributed by atoms with E-state index in [-0.39, 0.29) is 0 Å². The molecule has 1 aromatic carbocycles. The Balaban J connectivity index is 2.27. The van der Waals surface area contributed by atoms with Crippen molar-refractivity contribution >= 4 is 17.5 Å². The molecule has 1 rings (SSSR count). The van der Waals surface area contributed by atoms with Crippen LogP contribution in [0.3, 0.4) is 0 Å². The van der Waals surface area contributed by atoms with Gasteiger partial charge in [-0.3, -0.25) is 9.59 Å². The lowest BCUT2D eigenvalue weighted by molar-refractivity contribution is -0.136. The van der Waals surface area contributed by atoms with E-state index in [1.54, 1.807) is 13.0 Å². The van der Waals surface area contributed by atoms with Gasteiger partial charge in [0.2, 0.25) is 0 Å². The molecule has 0 saturated carbocycles. The first kappa shape index (κ1) is 18.1. The van der Waals surface area contributed by atoms with Crippen LogP contribution < -0.4 is 10.6 Å².